The number of hydrogen-bond acceptors (Lipinski definition) is 4. The molecule has 1 heterocycles. The Labute approximate surface area is 103 Å². The van der Waals surface area contributed by atoms with Crippen LogP contribution < -0.4 is 5.32 Å². The minimum absolute atomic E-state index is 0.730. The molecule has 0 bridgehead atoms. The lowest BCUT2D eigenvalue weighted by atomic mass is 10.2. The molecular weight excluding hydrogens is 216 g/mol. The lowest BCUT2D eigenvalue weighted by Gasteiger charge is -2.07. The van der Waals surface area contributed by atoms with Gasteiger partial charge in [0.1, 0.15) is 0 Å². The van der Waals surface area contributed by atoms with Crippen molar-refractivity contribution in [1.29, 1.82) is 0 Å². The van der Waals surface area contributed by atoms with Gasteiger partial charge in [0.2, 0.25) is 0 Å². The Balaban J connectivity index is 2.00. The average Bonchev–Trinajstić information content (AvgIpc) is 3.08. The van der Waals surface area contributed by atoms with E-state index in [1.807, 2.05) is 7.05 Å². The molecule has 1 saturated carbocycles. The summed E-state index contributed by atoms with van der Waals surface area (Å²) in [6, 6.07) is 0. The molecule has 96 valence electrons. The van der Waals surface area contributed by atoms with Crippen molar-refractivity contribution in [3.63, 3.8) is 0 Å². The first-order chi connectivity index (χ1) is 8.35. The molecule has 0 amide bonds. The molecule has 1 aliphatic carbocycles. The predicted octanol–water partition coefficient (Wildman–Crippen LogP) is 0.986. The summed E-state index contributed by atoms with van der Waals surface area (Å²) in [5.41, 5.74) is 2.28. The lowest BCUT2D eigenvalue weighted by molar-refractivity contribution is 0.199. The maximum atomic E-state index is 5.15. The minimum atomic E-state index is 0.730. The number of nitrogens with zero attached hydrogens (tertiary/aromatic N) is 3. The van der Waals surface area contributed by atoms with Crippen LogP contribution in [0, 0.1) is 5.92 Å². The Kier molecular flexibility index (Phi) is 4.50. The fraction of sp³-hybridized carbons (Fsp3) is 0.833. The maximum absolute atomic E-state index is 5.15. The van der Waals surface area contributed by atoms with E-state index in [4.69, 9.17) is 4.74 Å². The second-order valence-electron chi connectivity index (χ2n) is 4.71. The van der Waals surface area contributed by atoms with Crippen LogP contribution in [0.3, 0.4) is 0 Å². The number of aromatic nitrogens is 3. The van der Waals surface area contributed by atoms with E-state index >= 15 is 0 Å². The van der Waals surface area contributed by atoms with Gasteiger partial charge >= 0.3 is 0 Å². The molecule has 0 aliphatic heterocycles. The summed E-state index contributed by atoms with van der Waals surface area (Å²) in [5.74, 6) is 0.933. The first kappa shape index (κ1) is 12.5. The third-order valence-electron chi connectivity index (χ3n) is 3.25. The molecule has 17 heavy (non-hydrogen) atoms. The van der Waals surface area contributed by atoms with Crippen LogP contribution in [-0.4, -0.2) is 35.8 Å². The number of aryl methyl sites for hydroxylation is 1. The van der Waals surface area contributed by atoms with Crippen molar-refractivity contribution in [2.75, 3.05) is 20.8 Å². The van der Waals surface area contributed by atoms with Crippen LogP contribution >= 0.6 is 0 Å². The maximum Gasteiger partial charge on any atom is 0.0997 e. The van der Waals surface area contributed by atoms with E-state index in [9.17, 15) is 0 Å². The van der Waals surface area contributed by atoms with Crippen molar-refractivity contribution in [2.24, 2.45) is 5.92 Å². The second kappa shape index (κ2) is 6.12. The van der Waals surface area contributed by atoms with Crippen molar-refractivity contribution >= 4 is 0 Å². The van der Waals surface area contributed by atoms with Crippen molar-refractivity contribution < 1.29 is 4.74 Å². The van der Waals surface area contributed by atoms with E-state index in [0.717, 1.165) is 37.7 Å². The van der Waals surface area contributed by atoms with Gasteiger partial charge in [0.25, 0.3) is 0 Å². The summed E-state index contributed by atoms with van der Waals surface area (Å²) in [7, 11) is 3.67. The smallest absolute Gasteiger partial charge is 0.0997 e. The molecule has 0 unspecified atom stereocenters. The zero-order valence-electron chi connectivity index (χ0n) is 10.8. The highest BCUT2D eigenvalue weighted by atomic mass is 16.5. The topological polar surface area (TPSA) is 52.0 Å². The van der Waals surface area contributed by atoms with Gasteiger partial charge in [-0.15, -0.1) is 5.10 Å². The van der Waals surface area contributed by atoms with Gasteiger partial charge in [0, 0.05) is 26.6 Å². The highest BCUT2D eigenvalue weighted by Crippen LogP contribution is 2.32. The van der Waals surface area contributed by atoms with Gasteiger partial charge < -0.3 is 10.1 Å². The van der Waals surface area contributed by atoms with E-state index in [2.05, 4.69) is 20.3 Å². The lowest BCUT2D eigenvalue weighted by Crippen LogP contribution is -2.12. The third kappa shape index (κ3) is 3.51. The quantitative estimate of drug-likeness (QED) is 0.733. The largest absolute Gasteiger partial charge is 0.384 e. The molecule has 1 aromatic heterocycles. The monoisotopic (exact) mass is 238 g/mol. The van der Waals surface area contributed by atoms with Gasteiger partial charge in [-0.05, 0) is 19.4 Å². The van der Waals surface area contributed by atoms with Crippen LogP contribution in [0.2, 0.25) is 0 Å². The SMILES string of the molecule is CNCc1nnn(CCC2CC2)c1CCOC. The molecule has 2 rings (SSSR count). The summed E-state index contributed by atoms with van der Waals surface area (Å²) in [5, 5.41) is 11.6. The Bertz CT molecular complexity index is 346. The molecule has 0 aromatic carbocycles. The van der Waals surface area contributed by atoms with Gasteiger partial charge in [-0.2, -0.15) is 0 Å². The number of hydrogen-bond donors (Lipinski definition) is 1. The highest BCUT2D eigenvalue weighted by molar-refractivity contribution is 5.10. The minimum Gasteiger partial charge on any atom is -0.384 e. The molecule has 1 aromatic rings. The highest BCUT2D eigenvalue weighted by Gasteiger charge is 2.22. The van der Waals surface area contributed by atoms with Crippen molar-refractivity contribution in [2.45, 2.75) is 38.8 Å². The molecule has 1 N–H and O–H groups in total. The molecule has 0 radical (unpaired) electrons. The normalized spacial score (nSPS) is 15.4. The first-order valence-electron chi connectivity index (χ1n) is 6.40. The first-order valence-corrected chi connectivity index (χ1v) is 6.40. The molecule has 1 aliphatic rings. The van der Waals surface area contributed by atoms with Crippen molar-refractivity contribution in [3.8, 4) is 0 Å². The zero-order chi connectivity index (χ0) is 12.1. The van der Waals surface area contributed by atoms with E-state index in [1.165, 1.54) is 25.0 Å². The second-order valence-corrected chi connectivity index (χ2v) is 4.71. The van der Waals surface area contributed by atoms with Gasteiger partial charge in [-0.1, -0.05) is 18.1 Å². The average molecular weight is 238 g/mol. The summed E-state index contributed by atoms with van der Waals surface area (Å²) in [4.78, 5) is 0. The van der Waals surface area contributed by atoms with E-state index in [0.29, 0.717) is 0 Å². The molecule has 5 nitrogen and oxygen atoms in total. The third-order valence-corrected chi connectivity index (χ3v) is 3.25. The predicted molar refractivity (Wildman–Crippen MR) is 65.7 cm³/mol. The standard InChI is InChI=1S/C12H22N4O/c1-13-9-11-12(6-8-17-2)16(15-14-11)7-5-10-3-4-10/h10,13H,3-9H2,1-2H3. The number of ether oxygens (including phenoxy) is 1. The van der Waals surface area contributed by atoms with E-state index < -0.39 is 0 Å². The number of methoxy groups -OCH3 is 1. The van der Waals surface area contributed by atoms with Crippen molar-refractivity contribution in [1.82, 2.24) is 20.3 Å². The Morgan fingerprint density at radius 2 is 2.29 bits per heavy atom. The summed E-state index contributed by atoms with van der Waals surface area (Å²) in [6.07, 6.45) is 4.92. The fourth-order valence-electron chi connectivity index (χ4n) is 2.04. The van der Waals surface area contributed by atoms with Gasteiger partial charge in [0.05, 0.1) is 18.0 Å². The zero-order valence-corrected chi connectivity index (χ0v) is 10.8. The summed E-state index contributed by atoms with van der Waals surface area (Å²) in [6.45, 7) is 2.51. The van der Waals surface area contributed by atoms with Crippen molar-refractivity contribution in [3.05, 3.63) is 11.4 Å². The molecule has 0 spiro atoms. The van der Waals surface area contributed by atoms with Crippen LogP contribution in [0.4, 0.5) is 0 Å². The molecule has 0 saturated heterocycles. The van der Waals surface area contributed by atoms with Crippen LogP contribution in [0.5, 0.6) is 0 Å². The Hall–Kier alpha value is -0.940. The Morgan fingerprint density at radius 1 is 1.47 bits per heavy atom. The van der Waals surface area contributed by atoms with E-state index in [-0.39, 0.29) is 0 Å². The van der Waals surface area contributed by atoms with Crippen LogP contribution in [0.15, 0.2) is 0 Å². The molecule has 1 fully saturated rings. The number of nitrogens with one attached hydrogen (secondary N) is 1. The van der Waals surface area contributed by atoms with Gasteiger partial charge in [-0.3, -0.25) is 0 Å². The van der Waals surface area contributed by atoms with Crippen LogP contribution in [0.1, 0.15) is 30.7 Å². The molecule has 0 atom stereocenters. The molecule has 5 heteroatoms. The molecular formula is C12H22N4O. The summed E-state index contributed by atoms with van der Waals surface area (Å²) >= 11 is 0. The fourth-order valence-corrected chi connectivity index (χ4v) is 2.04. The van der Waals surface area contributed by atoms with E-state index in [1.54, 1.807) is 7.11 Å². The number of rotatable bonds is 8. The summed E-state index contributed by atoms with van der Waals surface area (Å²) < 4.78 is 7.21. The van der Waals surface area contributed by atoms with Gasteiger partial charge in [-0.25, -0.2) is 4.68 Å². The van der Waals surface area contributed by atoms with Crippen LogP contribution in [-0.2, 0) is 24.2 Å². The van der Waals surface area contributed by atoms with Crippen LogP contribution in [0.25, 0.3) is 0 Å². The van der Waals surface area contributed by atoms with Gasteiger partial charge in [0.15, 0.2) is 0 Å². The Morgan fingerprint density at radius 3 is 2.94 bits per heavy atom.